The fraction of sp³-hybridized carbons (Fsp3) is 0.500. The van der Waals surface area contributed by atoms with Gasteiger partial charge in [0.05, 0.1) is 12.4 Å². The highest BCUT2D eigenvalue weighted by atomic mass is 35.5. The van der Waals surface area contributed by atoms with E-state index in [1.807, 2.05) is 6.92 Å². The standard InChI is InChI=1S/C12H18ClNO3S/c1-3-17-12-6-4-11(5-7-12)14-18(15,16)9-10(2)8-13/h4-7,10,14H,3,8-9H2,1-2H3. The maximum absolute atomic E-state index is 11.8. The number of anilines is 1. The van der Waals surface area contributed by atoms with Crippen LogP contribution in [0.4, 0.5) is 5.69 Å². The van der Waals surface area contributed by atoms with Crippen molar-refractivity contribution in [2.75, 3.05) is 23.0 Å². The van der Waals surface area contributed by atoms with E-state index in [1.165, 1.54) is 0 Å². The van der Waals surface area contributed by atoms with E-state index in [0.29, 0.717) is 18.2 Å². The lowest BCUT2D eigenvalue weighted by molar-refractivity contribution is 0.340. The van der Waals surface area contributed by atoms with Crippen LogP contribution in [0.25, 0.3) is 0 Å². The summed E-state index contributed by atoms with van der Waals surface area (Å²) >= 11 is 5.61. The van der Waals surface area contributed by atoms with Crippen molar-refractivity contribution in [1.82, 2.24) is 0 Å². The van der Waals surface area contributed by atoms with Crippen molar-refractivity contribution < 1.29 is 13.2 Å². The highest BCUT2D eigenvalue weighted by molar-refractivity contribution is 7.92. The van der Waals surface area contributed by atoms with Gasteiger partial charge >= 0.3 is 0 Å². The number of ether oxygens (including phenoxy) is 1. The van der Waals surface area contributed by atoms with Crippen molar-refractivity contribution in [3.05, 3.63) is 24.3 Å². The molecule has 0 aliphatic carbocycles. The quantitative estimate of drug-likeness (QED) is 0.786. The first-order valence-electron chi connectivity index (χ1n) is 5.76. The molecular weight excluding hydrogens is 274 g/mol. The average molecular weight is 292 g/mol. The van der Waals surface area contributed by atoms with Crippen LogP contribution < -0.4 is 9.46 Å². The molecule has 102 valence electrons. The van der Waals surface area contributed by atoms with Gasteiger partial charge in [0.25, 0.3) is 0 Å². The van der Waals surface area contributed by atoms with Crippen LogP contribution in [0.2, 0.25) is 0 Å². The van der Waals surface area contributed by atoms with Gasteiger partial charge in [-0.15, -0.1) is 11.6 Å². The monoisotopic (exact) mass is 291 g/mol. The van der Waals surface area contributed by atoms with Crippen LogP contribution in [0.5, 0.6) is 5.75 Å². The maximum atomic E-state index is 11.8. The first-order chi connectivity index (χ1) is 8.46. The Kier molecular flexibility index (Phi) is 5.75. The summed E-state index contributed by atoms with van der Waals surface area (Å²) < 4.78 is 31.3. The van der Waals surface area contributed by atoms with Crippen molar-refractivity contribution >= 4 is 27.3 Å². The Bertz CT molecular complexity index is 459. The van der Waals surface area contributed by atoms with Crippen molar-refractivity contribution in [3.63, 3.8) is 0 Å². The summed E-state index contributed by atoms with van der Waals surface area (Å²) in [6, 6.07) is 6.81. The van der Waals surface area contributed by atoms with Crippen LogP contribution in [0, 0.1) is 5.92 Å². The van der Waals surface area contributed by atoms with E-state index in [-0.39, 0.29) is 11.7 Å². The molecule has 0 aromatic heterocycles. The molecule has 4 nitrogen and oxygen atoms in total. The zero-order valence-electron chi connectivity index (χ0n) is 10.5. The van der Waals surface area contributed by atoms with Gasteiger partial charge in [0.1, 0.15) is 5.75 Å². The van der Waals surface area contributed by atoms with E-state index >= 15 is 0 Å². The number of sulfonamides is 1. The van der Waals surface area contributed by atoms with Crippen LogP contribution in [-0.2, 0) is 10.0 Å². The van der Waals surface area contributed by atoms with Crippen LogP contribution in [0.3, 0.4) is 0 Å². The predicted molar refractivity (Wildman–Crippen MR) is 74.9 cm³/mol. The lowest BCUT2D eigenvalue weighted by Crippen LogP contribution is -2.22. The SMILES string of the molecule is CCOc1ccc(NS(=O)(=O)CC(C)CCl)cc1. The van der Waals surface area contributed by atoms with Gasteiger partial charge in [0.2, 0.25) is 10.0 Å². The zero-order chi connectivity index (χ0) is 13.6. The summed E-state index contributed by atoms with van der Waals surface area (Å²) in [5, 5.41) is 0. The largest absolute Gasteiger partial charge is 0.494 e. The van der Waals surface area contributed by atoms with Gasteiger partial charge in [0.15, 0.2) is 0 Å². The van der Waals surface area contributed by atoms with Gasteiger partial charge in [-0.1, -0.05) is 6.92 Å². The van der Waals surface area contributed by atoms with E-state index in [4.69, 9.17) is 16.3 Å². The van der Waals surface area contributed by atoms with Gasteiger partial charge in [-0.2, -0.15) is 0 Å². The molecule has 1 N–H and O–H groups in total. The molecule has 0 bridgehead atoms. The van der Waals surface area contributed by atoms with Gasteiger partial charge in [-0.25, -0.2) is 8.42 Å². The first-order valence-corrected chi connectivity index (χ1v) is 7.95. The van der Waals surface area contributed by atoms with E-state index in [0.717, 1.165) is 5.75 Å². The molecule has 0 amide bonds. The Morgan fingerprint density at radius 1 is 1.33 bits per heavy atom. The van der Waals surface area contributed by atoms with Crippen LogP contribution >= 0.6 is 11.6 Å². The highest BCUT2D eigenvalue weighted by Crippen LogP contribution is 2.17. The fourth-order valence-electron chi connectivity index (χ4n) is 1.43. The molecule has 1 aromatic carbocycles. The van der Waals surface area contributed by atoms with Crippen molar-refractivity contribution in [3.8, 4) is 5.75 Å². The number of hydrogen-bond donors (Lipinski definition) is 1. The van der Waals surface area contributed by atoms with Gasteiger partial charge < -0.3 is 4.74 Å². The van der Waals surface area contributed by atoms with E-state index in [2.05, 4.69) is 4.72 Å². The van der Waals surface area contributed by atoms with Crippen LogP contribution in [-0.4, -0.2) is 26.7 Å². The minimum absolute atomic E-state index is 0.0176. The average Bonchev–Trinajstić information content (AvgIpc) is 2.31. The summed E-state index contributed by atoms with van der Waals surface area (Å²) in [4.78, 5) is 0. The molecule has 0 spiro atoms. The summed E-state index contributed by atoms with van der Waals surface area (Å²) in [6.07, 6.45) is 0. The Balaban J connectivity index is 2.66. The molecule has 0 aliphatic rings. The third-order valence-electron chi connectivity index (χ3n) is 2.21. The first kappa shape index (κ1) is 15.1. The Morgan fingerprint density at radius 2 is 1.94 bits per heavy atom. The highest BCUT2D eigenvalue weighted by Gasteiger charge is 2.15. The Labute approximate surface area is 113 Å². The normalized spacial score (nSPS) is 13.1. The zero-order valence-corrected chi connectivity index (χ0v) is 12.1. The molecule has 0 aliphatic heterocycles. The van der Waals surface area contributed by atoms with Gasteiger partial charge in [-0.3, -0.25) is 4.72 Å². The van der Waals surface area contributed by atoms with E-state index in [9.17, 15) is 8.42 Å². The minimum atomic E-state index is -3.35. The van der Waals surface area contributed by atoms with E-state index < -0.39 is 10.0 Å². The molecule has 0 fully saturated rings. The van der Waals surface area contributed by atoms with E-state index in [1.54, 1.807) is 31.2 Å². The number of alkyl halides is 1. The second-order valence-corrected chi connectivity index (χ2v) is 6.18. The van der Waals surface area contributed by atoms with Gasteiger partial charge in [-0.05, 0) is 37.1 Å². The topological polar surface area (TPSA) is 55.4 Å². The summed E-state index contributed by atoms with van der Waals surface area (Å²) in [6.45, 7) is 4.27. The maximum Gasteiger partial charge on any atom is 0.233 e. The summed E-state index contributed by atoms with van der Waals surface area (Å²) in [7, 11) is -3.35. The molecule has 1 rings (SSSR count). The molecule has 1 unspecified atom stereocenters. The van der Waals surface area contributed by atoms with Crippen LogP contribution in [0.15, 0.2) is 24.3 Å². The van der Waals surface area contributed by atoms with Crippen molar-refractivity contribution in [2.45, 2.75) is 13.8 Å². The lowest BCUT2D eigenvalue weighted by atomic mass is 10.3. The molecule has 1 atom stereocenters. The summed E-state index contributed by atoms with van der Waals surface area (Å²) in [5.74, 6) is 0.981. The van der Waals surface area contributed by atoms with Crippen molar-refractivity contribution in [1.29, 1.82) is 0 Å². The third-order valence-corrected chi connectivity index (χ3v) is 4.29. The number of nitrogens with one attached hydrogen (secondary N) is 1. The second kappa shape index (κ2) is 6.85. The molecule has 0 radical (unpaired) electrons. The minimum Gasteiger partial charge on any atom is -0.494 e. The van der Waals surface area contributed by atoms with Crippen molar-refractivity contribution in [2.24, 2.45) is 5.92 Å². The number of benzene rings is 1. The number of rotatable bonds is 7. The number of hydrogen-bond acceptors (Lipinski definition) is 3. The van der Waals surface area contributed by atoms with Gasteiger partial charge in [0, 0.05) is 11.6 Å². The number of halogens is 1. The molecule has 6 heteroatoms. The molecule has 0 heterocycles. The molecule has 18 heavy (non-hydrogen) atoms. The smallest absolute Gasteiger partial charge is 0.233 e. The third kappa shape index (κ3) is 5.14. The Hall–Kier alpha value is -0.940. The summed E-state index contributed by atoms with van der Waals surface area (Å²) in [5.41, 5.74) is 0.528. The second-order valence-electron chi connectivity index (χ2n) is 4.10. The fourth-order valence-corrected chi connectivity index (χ4v) is 3.11. The van der Waals surface area contributed by atoms with Crippen LogP contribution in [0.1, 0.15) is 13.8 Å². The molecular formula is C12H18ClNO3S. The predicted octanol–water partition coefficient (Wildman–Crippen LogP) is 2.70. The lowest BCUT2D eigenvalue weighted by Gasteiger charge is -2.11. The Morgan fingerprint density at radius 3 is 2.44 bits per heavy atom. The molecule has 0 saturated carbocycles. The molecule has 0 saturated heterocycles. The molecule has 1 aromatic rings.